The molecule has 0 spiro atoms. The summed E-state index contributed by atoms with van der Waals surface area (Å²) >= 11 is 0. The lowest BCUT2D eigenvalue weighted by Gasteiger charge is -2.28. The molecule has 2 N–H and O–H groups in total. The number of aliphatic imine (C=N–C) groups is 1. The monoisotopic (exact) mass is 355 g/mol. The Morgan fingerprint density at radius 1 is 1.08 bits per heavy atom. The molecular weight excluding hydrogens is 326 g/mol. The molecule has 1 saturated heterocycles. The first-order chi connectivity index (χ1) is 12.8. The van der Waals surface area contributed by atoms with Crippen molar-refractivity contribution in [3.63, 3.8) is 0 Å². The van der Waals surface area contributed by atoms with Crippen molar-refractivity contribution in [1.29, 1.82) is 0 Å². The second-order valence-electron chi connectivity index (χ2n) is 6.31. The van der Waals surface area contributed by atoms with Crippen molar-refractivity contribution < 1.29 is 4.74 Å². The fourth-order valence-electron chi connectivity index (χ4n) is 2.97. The van der Waals surface area contributed by atoms with Crippen LogP contribution in [0.2, 0.25) is 0 Å². The van der Waals surface area contributed by atoms with Crippen molar-refractivity contribution in [3.05, 3.63) is 54.4 Å². The Kier molecular flexibility index (Phi) is 6.96. The molecule has 0 radical (unpaired) electrons. The lowest BCUT2D eigenvalue weighted by Crippen LogP contribution is -2.38. The van der Waals surface area contributed by atoms with Gasteiger partial charge >= 0.3 is 0 Å². The van der Waals surface area contributed by atoms with E-state index in [4.69, 9.17) is 9.73 Å². The van der Waals surface area contributed by atoms with Crippen LogP contribution < -0.4 is 15.5 Å². The van der Waals surface area contributed by atoms with E-state index in [9.17, 15) is 0 Å². The van der Waals surface area contributed by atoms with E-state index < -0.39 is 0 Å². The standard InChI is InChI=1S/C20H29N5O/c1-2-21-20(22-9-12-24-10-3-4-11-24)23-17-18-5-7-19(8-6-18)25-13-15-26-16-14-25/h3-8,10-11H,2,9,12-17H2,1H3,(H2,21,22,23). The van der Waals surface area contributed by atoms with Crippen LogP contribution in [0.1, 0.15) is 12.5 Å². The molecule has 6 nitrogen and oxygen atoms in total. The minimum absolute atomic E-state index is 0.669. The van der Waals surface area contributed by atoms with Crippen molar-refractivity contribution in [3.8, 4) is 0 Å². The average Bonchev–Trinajstić information content (AvgIpc) is 3.21. The zero-order valence-corrected chi connectivity index (χ0v) is 15.5. The highest BCUT2D eigenvalue weighted by atomic mass is 16.5. The predicted molar refractivity (Wildman–Crippen MR) is 107 cm³/mol. The second-order valence-corrected chi connectivity index (χ2v) is 6.31. The summed E-state index contributed by atoms with van der Waals surface area (Å²) in [5, 5.41) is 6.69. The average molecular weight is 355 g/mol. The minimum Gasteiger partial charge on any atom is -0.378 e. The number of anilines is 1. The van der Waals surface area contributed by atoms with Gasteiger partial charge in [-0.15, -0.1) is 0 Å². The van der Waals surface area contributed by atoms with Crippen LogP contribution in [0.5, 0.6) is 0 Å². The Morgan fingerprint density at radius 2 is 1.81 bits per heavy atom. The van der Waals surface area contributed by atoms with Crippen LogP contribution in [0.15, 0.2) is 53.8 Å². The minimum atomic E-state index is 0.669. The summed E-state index contributed by atoms with van der Waals surface area (Å²) in [6.07, 6.45) is 4.14. The molecule has 0 amide bonds. The summed E-state index contributed by atoms with van der Waals surface area (Å²) in [6.45, 7) is 8.93. The maximum absolute atomic E-state index is 5.41. The highest BCUT2D eigenvalue weighted by Gasteiger charge is 2.10. The molecule has 0 atom stereocenters. The summed E-state index contributed by atoms with van der Waals surface area (Å²) in [5.41, 5.74) is 2.47. The van der Waals surface area contributed by atoms with E-state index in [-0.39, 0.29) is 0 Å². The Labute approximate surface area is 155 Å². The molecule has 2 heterocycles. The predicted octanol–water partition coefficient (Wildman–Crippen LogP) is 2.08. The van der Waals surface area contributed by atoms with Gasteiger partial charge in [-0.1, -0.05) is 12.1 Å². The number of nitrogens with one attached hydrogen (secondary N) is 2. The molecule has 1 aromatic carbocycles. The molecule has 0 bridgehead atoms. The number of aromatic nitrogens is 1. The molecule has 3 rings (SSSR count). The molecule has 1 aliphatic heterocycles. The summed E-state index contributed by atoms with van der Waals surface area (Å²) in [5.74, 6) is 0.858. The third-order valence-electron chi connectivity index (χ3n) is 4.41. The second kappa shape index (κ2) is 9.87. The number of ether oxygens (including phenoxy) is 1. The topological polar surface area (TPSA) is 53.8 Å². The molecular formula is C20H29N5O. The van der Waals surface area contributed by atoms with E-state index in [2.05, 4.69) is 63.7 Å². The molecule has 0 unspecified atom stereocenters. The van der Waals surface area contributed by atoms with Gasteiger partial charge in [-0.25, -0.2) is 4.99 Å². The van der Waals surface area contributed by atoms with Gasteiger partial charge in [-0.2, -0.15) is 0 Å². The fourth-order valence-corrected chi connectivity index (χ4v) is 2.97. The van der Waals surface area contributed by atoms with Crippen LogP contribution in [-0.2, 0) is 17.8 Å². The first kappa shape index (κ1) is 18.3. The van der Waals surface area contributed by atoms with Gasteiger partial charge in [0.05, 0.1) is 19.8 Å². The number of hydrogen-bond acceptors (Lipinski definition) is 3. The Hall–Kier alpha value is -2.47. The van der Waals surface area contributed by atoms with Crippen LogP contribution >= 0.6 is 0 Å². The number of rotatable bonds is 7. The van der Waals surface area contributed by atoms with E-state index in [1.807, 2.05) is 12.1 Å². The molecule has 26 heavy (non-hydrogen) atoms. The van der Waals surface area contributed by atoms with Gasteiger partial charge in [0, 0.05) is 50.8 Å². The number of morpholine rings is 1. The zero-order valence-electron chi connectivity index (χ0n) is 15.5. The van der Waals surface area contributed by atoms with E-state index in [1.165, 1.54) is 11.3 Å². The summed E-state index contributed by atoms with van der Waals surface area (Å²) in [7, 11) is 0. The van der Waals surface area contributed by atoms with E-state index in [1.54, 1.807) is 0 Å². The molecule has 2 aromatic rings. The van der Waals surface area contributed by atoms with Crippen LogP contribution in [0.4, 0.5) is 5.69 Å². The first-order valence-corrected chi connectivity index (χ1v) is 9.40. The number of nitrogens with zero attached hydrogens (tertiary/aromatic N) is 3. The Morgan fingerprint density at radius 3 is 2.50 bits per heavy atom. The normalized spacial score (nSPS) is 15.1. The van der Waals surface area contributed by atoms with Gasteiger partial charge in [0.1, 0.15) is 0 Å². The highest BCUT2D eigenvalue weighted by molar-refractivity contribution is 5.79. The molecule has 1 fully saturated rings. The number of hydrogen-bond donors (Lipinski definition) is 2. The SMILES string of the molecule is CCNC(=NCc1ccc(N2CCOCC2)cc1)NCCn1cccc1. The van der Waals surface area contributed by atoms with Crippen LogP contribution in [0, 0.1) is 0 Å². The fraction of sp³-hybridized carbons (Fsp3) is 0.450. The third kappa shape index (κ3) is 5.52. The van der Waals surface area contributed by atoms with Gasteiger partial charge in [0.2, 0.25) is 0 Å². The summed E-state index contributed by atoms with van der Waals surface area (Å²) in [6, 6.07) is 12.8. The lowest BCUT2D eigenvalue weighted by molar-refractivity contribution is 0.122. The maximum atomic E-state index is 5.41. The van der Waals surface area contributed by atoms with Crippen molar-refractivity contribution >= 4 is 11.6 Å². The zero-order chi connectivity index (χ0) is 18.0. The molecule has 1 aromatic heterocycles. The lowest BCUT2D eigenvalue weighted by atomic mass is 10.2. The van der Waals surface area contributed by atoms with Crippen LogP contribution in [0.3, 0.4) is 0 Å². The van der Waals surface area contributed by atoms with Crippen molar-refractivity contribution in [1.82, 2.24) is 15.2 Å². The van der Waals surface area contributed by atoms with Gasteiger partial charge < -0.3 is 24.8 Å². The molecule has 0 aliphatic carbocycles. The van der Waals surface area contributed by atoms with Crippen molar-refractivity contribution in [2.75, 3.05) is 44.3 Å². The quantitative estimate of drug-likeness (QED) is 0.590. The Bertz CT molecular complexity index is 660. The largest absolute Gasteiger partial charge is 0.378 e. The third-order valence-corrected chi connectivity index (χ3v) is 4.41. The van der Waals surface area contributed by atoms with Gasteiger partial charge in [0.15, 0.2) is 5.96 Å². The molecule has 1 aliphatic rings. The molecule has 6 heteroatoms. The van der Waals surface area contributed by atoms with Crippen molar-refractivity contribution in [2.24, 2.45) is 4.99 Å². The summed E-state index contributed by atoms with van der Waals surface area (Å²) < 4.78 is 7.57. The van der Waals surface area contributed by atoms with Gasteiger partial charge in [-0.3, -0.25) is 0 Å². The number of benzene rings is 1. The van der Waals surface area contributed by atoms with E-state index in [0.29, 0.717) is 6.54 Å². The van der Waals surface area contributed by atoms with Crippen LogP contribution in [-0.4, -0.2) is 49.9 Å². The smallest absolute Gasteiger partial charge is 0.191 e. The molecule has 0 saturated carbocycles. The Balaban J connectivity index is 1.51. The van der Waals surface area contributed by atoms with Gasteiger partial charge in [-0.05, 0) is 36.8 Å². The molecule has 140 valence electrons. The number of guanidine groups is 1. The first-order valence-electron chi connectivity index (χ1n) is 9.40. The highest BCUT2D eigenvalue weighted by Crippen LogP contribution is 2.17. The van der Waals surface area contributed by atoms with E-state index in [0.717, 1.165) is 51.9 Å². The van der Waals surface area contributed by atoms with Gasteiger partial charge in [0.25, 0.3) is 0 Å². The maximum Gasteiger partial charge on any atom is 0.191 e. The van der Waals surface area contributed by atoms with Crippen LogP contribution in [0.25, 0.3) is 0 Å². The summed E-state index contributed by atoms with van der Waals surface area (Å²) in [4.78, 5) is 7.06. The van der Waals surface area contributed by atoms with E-state index >= 15 is 0 Å². The van der Waals surface area contributed by atoms with Crippen molar-refractivity contribution in [2.45, 2.75) is 20.0 Å².